The van der Waals surface area contributed by atoms with Crippen LogP contribution >= 0.6 is 0 Å². The normalized spacial score (nSPS) is 13.3. The number of rotatable bonds is 11. The fourth-order valence-electron chi connectivity index (χ4n) is 4.11. The molecule has 186 valence electrons. The van der Waals surface area contributed by atoms with Gasteiger partial charge >= 0.3 is 5.97 Å². The Morgan fingerprint density at radius 1 is 1.03 bits per heavy atom. The molecular weight excluding hydrogens is 466 g/mol. The number of carboxylic acid groups (broad SMARTS) is 1. The maximum absolute atomic E-state index is 13.4. The van der Waals surface area contributed by atoms with Crippen molar-refractivity contribution in [2.45, 2.75) is 57.4 Å². The molecule has 0 aliphatic carbocycles. The molecule has 1 unspecified atom stereocenters. The summed E-state index contributed by atoms with van der Waals surface area (Å²) in [7, 11) is -3.92. The summed E-state index contributed by atoms with van der Waals surface area (Å²) in [6, 6.07) is 13.2. The van der Waals surface area contributed by atoms with Crippen LogP contribution < -0.4 is 10.0 Å². The molecule has 8 nitrogen and oxygen atoms in total. The van der Waals surface area contributed by atoms with Gasteiger partial charge in [-0.05, 0) is 49.4 Å². The Labute approximate surface area is 205 Å². The number of carbonyl (C=O) groups is 2. The summed E-state index contributed by atoms with van der Waals surface area (Å²) in [5.41, 5.74) is 1.51. The third-order valence-corrected chi connectivity index (χ3v) is 7.60. The Kier molecular flexibility index (Phi) is 8.58. The predicted octanol–water partition coefficient (Wildman–Crippen LogP) is 4.74. The summed E-state index contributed by atoms with van der Waals surface area (Å²) >= 11 is 0. The first-order valence-electron chi connectivity index (χ1n) is 11.6. The van der Waals surface area contributed by atoms with Crippen LogP contribution in [0.2, 0.25) is 0 Å². The second-order valence-corrected chi connectivity index (χ2v) is 10.4. The standard InChI is InChI=1S/C26H31N3O5S/c1-4-8-21(17(2)12-15-24(30)31)29-35(33,34)23-14-13-22(19-10-5-6-11-20(19)23)28-26(32)25-18(3)9-7-16-27-25/h5-7,9-11,13-14,16-17,21,29H,4,8,12,15H2,1-3H3,(H,28,32)(H,30,31)/t17?,21-/m0/s1. The van der Waals surface area contributed by atoms with Gasteiger partial charge in [0.25, 0.3) is 5.91 Å². The van der Waals surface area contributed by atoms with E-state index in [9.17, 15) is 18.0 Å². The van der Waals surface area contributed by atoms with E-state index in [1.54, 1.807) is 55.6 Å². The van der Waals surface area contributed by atoms with Gasteiger partial charge in [0.2, 0.25) is 10.0 Å². The molecule has 1 aromatic heterocycles. The van der Waals surface area contributed by atoms with Crippen LogP contribution in [0.5, 0.6) is 0 Å². The SMILES string of the molecule is CCC[C@H](NS(=O)(=O)c1ccc(NC(=O)c2ncccc2C)c2ccccc12)C(C)CCC(=O)O. The van der Waals surface area contributed by atoms with Crippen molar-refractivity contribution in [3.05, 3.63) is 66.0 Å². The highest BCUT2D eigenvalue weighted by Crippen LogP contribution is 2.30. The van der Waals surface area contributed by atoms with Crippen LogP contribution in [0.15, 0.2) is 59.6 Å². The largest absolute Gasteiger partial charge is 0.481 e. The Morgan fingerprint density at radius 3 is 2.40 bits per heavy atom. The van der Waals surface area contributed by atoms with Crippen molar-refractivity contribution in [3.8, 4) is 0 Å². The number of sulfonamides is 1. The first-order chi connectivity index (χ1) is 16.6. The number of benzene rings is 2. The van der Waals surface area contributed by atoms with E-state index in [0.717, 1.165) is 12.0 Å². The molecule has 1 heterocycles. The number of aromatic nitrogens is 1. The van der Waals surface area contributed by atoms with Gasteiger partial charge in [0.1, 0.15) is 5.69 Å². The van der Waals surface area contributed by atoms with Gasteiger partial charge in [-0.25, -0.2) is 13.1 Å². The fourth-order valence-corrected chi connectivity index (χ4v) is 5.70. The van der Waals surface area contributed by atoms with Gasteiger partial charge in [-0.1, -0.05) is 50.6 Å². The summed E-state index contributed by atoms with van der Waals surface area (Å²) in [4.78, 5) is 28.1. The molecule has 0 saturated heterocycles. The molecule has 2 aromatic carbocycles. The minimum absolute atomic E-state index is 0.0177. The maximum Gasteiger partial charge on any atom is 0.303 e. The highest BCUT2D eigenvalue weighted by molar-refractivity contribution is 7.89. The van der Waals surface area contributed by atoms with Crippen molar-refractivity contribution < 1.29 is 23.1 Å². The third kappa shape index (κ3) is 6.43. The Hall–Kier alpha value is -3.30. The third-order valence-electron chi connectivity index (χ3n) is 6.05. The topological polar surface area (TPSA) is 125 Å². The quantitative estimate of drug-likeness (QED) is 0.351. The van der Waals surface area contributed by atoms with Gasteiger partial charge in [0, 0.05) is 35.1 Å². The average molecular weight is 498 g/mol. The van der Waals surface area contributed by atoms with E-state index in [-0.39, 0.29) is 23.1 Å². The van der Waals surface area contributed by atoms with E-state index in [2.05, 4.69) is 15.0 Å². The lowest BCUT2D eigenvalue weighted by Crippen LogP contribution is -2.39. The number of carboxylic acids is 1. The predicted molar refractivity (Wildman–Crippen MR) is 136 cm³/mol. The highest BCUT2D eigenvalue weighted by Gasteiger charge is 2.26. The molecule has 0 aliphatic heterocycles. The lowest BCUT2D eigenvalue weighted by Gasteiger charge is -2.25. The number of nitrogens with one attached hydrogen (secondary N) is 2. The van der Waals surface area contributed by atoms with Crippen LogP contribution in [0.3, 0.4) is 0 Å². The molecule has 0 fully saturated rings. The molecule has 35 heavy (non-hydrogen) atoms. The van der Waals surface area contributed by atoms with E-state index in [1.165, 1.54) is 6.07 Å². The number of aryl methyl sites for hydroxylation is 1. The second-order valence-electron chi connectivity index (χ2n) is 8.71. The number of hydrogen-bond donors (Lipinski definition) is 3. The van der Waals surface area contributed by atoms with E-state index in [4.69, 9.17) is 5.11 Å². The van der Waals surface area contributed by atoms with E-state index in [1.807, 2.05) is 13.8 Å². The molecule has 3 N–H and O–H groups in total. The second kappa shape index (κ2) is 11.4. The maximum atomic E-state index is 13.4. The van der Waals surface area contributed by atoms with Crippen molar-refractivity contribution >= 4 is 38.4 Å². The number of anilines is 1. The summed E-state index contributed by atoms with van der Waals surface area (Å²) in [6.07, 6.45) is 3.25. The summed E-state index contributed by atoms with van der Waals surface area (Å²) in [5.74, 6) is -1.43. The van der Waals surface area contributed by atoms with Crippen LogP contribution in [0.4, 0.5) is 5.69 Å². The molecule has 3 aromatic rings. The monoisotopic (exact) mass is 497 g/mol. The van der Waals surface area contributed by atoms with Crippen molar-refractivity contribution in [1.29, 1.82) is 0 Å². The van der Waals surface area contributed by atoms with Crippen molar-refractivity contribution in [3.63, 3.8) is 0 Å². The number of carbonyl (C=O) groups excluding carboxylic acids is 1. The van der Waals surface area contributed by atoms with Gasteiger partial charge in [0.05, 0.1) is 4.90 Å². The lowest BCUT2D eigenvalue weighted by atomic mass is 9.94. The summed E-state index contributed by atoms with van der Waals surface area (Å²) < 4.78 is 29.7. The molecule has 0 bridgehead atoms. The Bertz CT molecular complexity index is 1320. The first-order valence-corrected chi connectivity index (χ1v) is 13.1. The Balaban J connectivity index is 1.93. The molecule has 0 aliphatic rings. The Morgan fingerprint density at radius 2 is 1.74 bits per heavy atom. The average Bonchev–Trinajstić information content (AvgIpc) is 2.82. The number of aliphatic carboxylic acids is 1. The van der Waals surface area contributed by atoms with Gasteiger partial charge < -0.3 is 10.4 Å². The zero-order chi connectivity index (χ0) is 25.6. The number of amides is 1. The molecular formula is C26H31N3O5S. The van der Waals surface area contributed by atoms with Gasteiger partial charge in [-0.2, -0.15) is 0 Å². The zero-order valence-electron chi connectivity index (χ0n) is 20.1. The molecule has 1 amide bonds. The zero-order valence-corrected chi connectivity index (χ0v) is 20.9. The smallest absolute Gasteiger partial charge is 0.303 e. The van der Waals surface area contributed by atoms with E-state index >= 15 is 0 Å². The van der Waals surface area contributed by atoms with E-state index < -0.39 is 22.0 Å². The molecule has 9 heteroatoms. The molecule has 0 saturated carbocycles. The number of pyridine rings is 1. The summed E-state index contributed by atoms with van der Waals surface area (Å²) in [6.45, 7) is 5.62. The van der Waals surface area contributed by atoms with Crippen LogP contribution in [-0.2, 0) is 14.8 Å². The number of nitrogens with zero attached hydrogens (tertiary/aromatic N) is 1. The molecule has 0 spiro atoms. The fraction of sp³-hybridized carbons (Fsp3) is 0.346. The van der Waals surface area contributed by atoms with Gasteiger partial charge in [-0.3, -0.25) is 14.6 Å². The molecule has 0 radical (unpaired) electrons. The minimum Gasteiger partial charge on any atom is -0.481 e. The van der Waals surface area contributed by atoms with Crippen LogP contribution in [-0.4, -0.2) is 36.4 Å². The van der Waals surface area contributed by atoms with E-state index in [0.29, 0.717) is 35.0 Å². The van der Waals surface area contributed by atoms with Crippen molar-refractivity contribution in [1.82, 2.24) is 9.71 Å². The summed E-state index contributed by atoms with van der Waals surface area (Å²) in [5, 5.41) is 12.9. The first kappa shape index (κ1) is 26.3. The highest BCUT2D eigenvalue weighted by atomic mass is 32.2. The van der Waals surface area contributed by atoms with Crippen molar-refractivity contribution in [2.75, 3.05) is 5.32 Å². The minimum atomic E-state index is -3.92. The van der Waals surface area contributed by atoms with Crippen LogP contribution in [0.1, 0.15) is 55.6 Å². The lowest BCUT2D eigenvalue weighted by molar-refractivity contribution is -0.137. The van der Waals surface area contributed by atoms with Crippen LogP contribution in [0, 0.1) is 12.8 Å². The van der Waals surface area contributed by atoms with Gasteiger partial charge in [-0.15, -0.1) is 0 Å². The van der Waals surface area contributed by atoms with Crippen molar-refractivity contribution in [2.24, 2.45) is 5.92 Å². The van der Waals surface area contributed by atoms with Crippen LogP contribution in [0.25, 0.3) is 10.8 Å². The molecule has 2 atom stereocenters. The number of fused-ring (bicyclic) bond motifs is 1. The van der Waals surface area contributed by atoms with Gasteiger partial charge in [0.15, 0.2) is 0 Å². The molecule has 3 rings (SSSR count). The number of hydrogen-bond acceptors (Lipinski definition) is 5.